The Hall–Kier alpha value is 0.651. The fourth-order valence-electron chi connectivity index (χ4n) is 1.30. The lowest BCUT2D eigenvalue weighted by molar-refractivity contribution is 1.80. The van der Waals surface area contributed by atoms with Crippen LogP contribution in [0.5, 0.6) is 0 Å². The minimum atomic E-state index is -0.807. The van der Waals surface area contributed by atoms with Crippen LogP contribution in [0.1, 0.15) is 0 Å². The molecule has 10 heavy (non-hydrogen) atoms. The molecule has 0 spiro atoms. The maximum atomic E-state index is 4.44. The van der Waals surface area contributed by atoms with Gasteiger partial charge in [0.2, 0.25) is 0 Å². The van der Waals surface area contributed by atoms with Crippen molar-refractivity contribution in [3.8, 4) is 0 Å². The zero-order valence-corrected chi connectivity index (χ0v) is 11.4. The Morgan fingerprint density at radius 2 is 1.00 bits per heavy atom. The normalized spacial score (nSPS) is 14.4. The summed E-state index contributed by atoms with van der Waals surface area (Å²) in [5.41, 5.74) is 0. The summed E-state index contributed by atoms with van der Waals surface area (Å²) in [6, 6.07) is 0. The Morgan fingerprint density at radius 1 is 0.800 bits per heavy atom. The quantitative estimate of drug-likeness (QED) is 0.585. The molecule has 61 valence electrons. The summed E-state index contributed by atoms with van der Waals surface area (Å²) in [6.45, 7) is 19.3. The van der Waals surface area contributed by atoms with E-state index >= 15 is 0 Å². The third kappa shape index (κ3) is 3.16. The summed E-state index contributed by atoms with van der Waals surface area (Å²) in [6.07, 6.45) is 0. The molecule has 0 saturated heterocycles. The smallest absolute Gasteiger partial charge is 0.0323 e. The maximum absolute atomic E-state index is 4.44. The fraction of sp³-hybridized carbons (Fsp3) is 0.857. The van der Waals surface area contributed by atoms with Crippen LogP contribution in [-0.4, -0.2) is 23.0 Å². The van der Waals surface area contributed by atoms with Crippen LogP contribution < -0.4 is 0 Å². The Bertz CT molecular complexity index is 93.0. The van der Waals surface area contributed by atoms with Gasteiger partial charge in [-0.1, -0.05) is 45.8 Å². The highest BCUT2D eigenvalue weighted by molar-refractivity contribution is 7.60. The highest BCUT2D eigenvalue weighted by atomic mass is 29.6. The van der Waals surface area contributed by atoms with Gasteiger partial charge in [-0.15, -0.1) is 0 Å². The molecule has 0 rings (SSSR count). The molecule has 0 unspecified atom stereocenters. The van der Waals surface area contributed by atoms with Gasteiger partial charge in [0.1, 0.15) is 0 Å². The molecule has 0 bridgehead atoms. The Balaban J connectivity index is 4.23. The first-order valence-electron chi connectivity index (χ1n) is 3.99. The van der Waals surface area contributed by atoms with Crippen molar-refractivity contribution in [1.29, 1.82) is 0 Å². The minimum Gasteiger partial charge on any atom is -0.0719 e. The van der Waals surface area contributed by atoms with E-state index in [0.717, 1.165) is 0 Å². The molecule has 0 aliphatic rings. The zero-order valence-electron chi connectivity index (χ0n) is 8.28. The molecule has 0 N–H and O–H groups in total. The second kappa shape index (κ2) is 2.95. The van der Waals surface area contributed by atoms with Gasteiger partial charge >= 0.3 is 0 Å². The molecule has 0 amide bonds. The first-order valence-corrected chi connectivity index (χ1v) is 15.4. The number of hydrogen-bond acceptors (Lipinski definition) is 0. The zero-order chi connectivity index (χ0) is 8.58. The van der Waals surface area contributed by atoms with Gasteiger partial charge in [-0.3, -0.25) is 0 Å². The standard InChI is InChI=1S/C7H21Si3/c1-8(9(2,3)4)10(5,6)7/h8H,1H2,2-7H3. The SMILES string of the molecule is [CH2][SiH]([Si](C)(C)C)[Si](C)(C)C. The van der Waals surface area contributed by atoms with Gasteiger partial charge in [-0.2, -0.15) is 0 Å². The van der Waals surface area contributed by atoms with Gasteiger partial charge in [-0.05, 0) is 0 Å². The topological polar surface area (TPSA) is 0 Å². The first kappa shape index (κ1) is 10.7. The van der Waals surface area contributed by atoms with Crippen LogP contribution in [0.2, 0.25) is 39.3 Å². The summed E-state index contributed by atoms with van der Waals surface area (Å²) in [5.74, 6) is 0. The average Bonchev–Trinajstić information content (AvgIpc) is 1.59. The lowest BCUT2D eigenvalue weighted by atomic mass is 11.8. The summed E-state index contributed by atoms with van der Waals surface area (Å²) in [4.78, 5) is 0. The van der Waals surface area contributed by atoms with Crippen molar-refractivity contribution in [2.45, 2.75) is 39.3 Å². The van der Waals surface area contributed by atoms with Crippen LogP contribution in [0.4, 0.5) is 0 Å². The van der Waals surface area contributed by atoms with Crippen LogP contribution in [0.3, 0.4) is 0 Å². The molecule has 3 heteroatoms. The van der Waals surface area contributed by atoms with E-state index in [9.17, 15) is 0 Å². The predicted molar refractivity (Wildman–Crippen MR) is 59.2 cm³/mol. The lowest BCUT2D eigenvalue weighted by Gasteiger charge is -2.33. The molecular weight excluding hydrogens is 168 g/mol. The van der Waals surface area contributed by atoms with Crippen LogP contribution in [0, 0.1) is 6.55 Å². The molecular formula is C7H21Si3. The van der Waals surface area contributed by atoms with Crippen molar-refractivity contribution in [3.05, 3.63) is 6.55 Å². The highest BCUT2D eigenvalue weighted by Gasteiger charge is 2.34. The predicted octanol–water partition coefficient (Wildman–Crippen LogP) is 2.42. The van der Waals surface area contributed by atoms with E-state index in [0.29, 0.717) is 0 Å². The Morgan fingerprint density at radius 3 is 1.00 bits per heavy atom. The average molecular weight is 190 g/mol. The molecule has 0 fully saturated rings. The summed E-state index contributed by atoms with van der Waals surface area (Å²) in [7, 11) is -2.16. The highest BCUT2D eigenvalue weighted by Crippen LogP contribution is 2.15. The molecule has 1 radical (unpaired) electrons. The van der Waals surface area contributed by atoms with E-state index in [4.69, 9.17) is 0 Å². The molecule has 0 saturated carbocycles. The van der Waals surface area contributed by atoms with Crippen LogP contribution >= 0.6 is 0 Å². The molecule has 0 atom stereocenters. The molecule has 0 heterocycles. The number of rotatable bonds is 2. The van der Waals surface area contributed by atoms with Gasteiger partial charge in [0, 0.05) is 23.0 Å². The van der Waals surface area contributed by atoms with Crippen molar-refractivity contribution in [2.75, 3.05) is 0 Å². The lowest BCUT2D eigenvalue weighted by Crippen LogP contribution is -2.56. The van der Waals surface area contributed by atoms with Crippen LogP contribution in [0.15, 0.2) is 0 Å². The third-order valence-electron chi connectivity index (χ3n) is 2.09. The van der Waals surface area contributed by atoms with Crippen molar-refractivity contribution < 1.29 is 0 Å². The summed E-state index contributed by atoms with van der Waals surface area (Å²) >= 11 is 0. The molecule has 0 aromatic carbocycles. The first-order chi connectivity index (χ1) is 4.15. The van der Waals surface area contributed by atoms with Crippen LogP contribution in [-0.2, 0) is 0 Å². The van der Waals surface area contributed by atoms with E-state index in [2.05, 4.69) is 45.8 Å². The van der Waals surface area contributed by atoms with Gasteiger partial charge in [0.25, 0.3) is 0 Å². The molecule has 0 aromatic heterocycles. The number of hydrogen-bond donors (Lipinski definition) is 0. The third-order valence-corrected chi connectivity index (χ3v) is 34.4. The maximum Gasteiger partial charge on any atom is 0.0323 e. The van der Waals surface area contributed by atoms with Gasteiger partial charge < -0.3 is 0 Å². The van der Waals surface area contributed by atoms with E-state index in [1.807, 2.05) is 0 Å². The van der Waals surface area contributed by atoms with E-state index in [1.165, 1.54) is 0 Å². The molecule has 0 aromatic rings. The molecule has 0 aliphatic carbocycles. The Labute approximate surface area is 69.2 Å². The van der Waals surface area contributed by atoms with Crippen molar-refractivity contribution in [2.24, 2.45) is 0 Å². The fourth-order valence-corrected chi connectivity index (χ4v) is 35.1. The second-order valence-electron chi connectivity index (χ2n) is 5.28. The van der Waals surface area contributed by atoms with Crippen LogP contribution in [0.25, 0.3) is 0 Å². The largest absolute Gasteiger partial charge is 0.0719 e. The van der Waals surface area contributed by atoms with Crippen molar-refractivity contribution in [3.63, 3.8) is 0 Å². The minimum absolute atomic E-state index is 0.551. The summed E-state index contributed by atoms with van der Waals surface area (Å²) < 4.78 is 0. The molecule has 0 nitrogen and oxygen atoms in total. The van der Waals surface area contributed by atoms with Gasteiger partial charge in [0.15, 0.2) is 0 Å². The van der Waals surface area contributed by atoms with Gasteiger partial charge in [-0.25, -0.2) is 0 Å². The van der Waals surface area contributed by atoms with E-state index in [-0.39, 0.29) is 0 Å². The van der Waals surface area contributed by atoms with E-state index in [1.54, 1.807) is 0 Å². The van der Waals surface area contributed by atoms with Gasteiger partial charge in [0.05, 0.1) is 0 Å². The van der Waals surface area contributed by atoms with Crippen molar-refractivity contribution in [1.82, 2.24) is 0 Å². The molecule has 0 aliphatic heterocycles. The Kier molecular flexibility index (Phi) is 3.14. The van der Waals surface area contributed by atoms with E-state index < -0.39 is 23.0 Å². The van der Waals surface area contributed by atoms with Crippen molar-refractivity contribution >= 4 is 23.0 Å². The summed E-state index contributed by atoms with van der Waals surface area (Å²) in [5, 5.41) is 0. The second-order valence-corrected chi connectivity index (χ2v) is 32.2. The monoisotopic (exact) mass is 189 g/mol.